The first-order chi connectivity index (χ1) is 15.5. The number of esters is 1. The SMILES string of the molecule is CCOC(=O)CCC(=O)Nc1ccccc1C1SCC(=O)N1c1ccc(OC)cc1OC. The summed E-state index contributed by atoms with van der Waals surface area (Å²) >= 11 is 1.47. The quantitative estimate of drug-likeness (QED) is 0.572. The number of carbonyl (C=O) groups is 3. The van der Waals surface area contributed by atoms with E-state index in [9.17, 15) is 14.4 Å². The molecule has 32 heavy (non-hydrogen) atoms. The minimum atomic E-state index is -0.411. The van der Waals surface area contributed by atoms with Crippen LogP contribution in [0.5, 0.6) is 11.5 Å². The number of amides is 2. The van der Waals surface area contributed by atoms with E-state index < -0.39 is 5.97 Å². The van der Waals surface area contributed by atoms with Crippen molar-refractivity contribution in [3.05, 3.63) is 48.0 Å². The second-order valence-electron chi connectivity index (χ2n) is 6.91. The van der Waals surface area contributed by atoms with Gasteiger partial charge in [0.25, 0.3) is 0 Å². The summed E-state index contributed by atoms with van der Waals surface area (Å²) in [6.45, 7) is 2.00. The zero-order valence-electron chi connectivity index (χ0n) is 18.3. The molecule has 1 unspecified atom stereocenters. The number of thioether (sulfide) groups is 1. The van der Waals surface area contributed by atoms with Gasteiger partial charge in [-0.1, -0.05) is 18.2 Å². The lowest BCUT2D eigenvalue weighted by molar-refractivity contribution is -0.144. The molecule has 0 aromatic heterocycles. The lowest BCUT2D eigenvalue weighted by atomic mass is 10.1. The average molecular weight is 459 g/mol. The Bertz CT molecular complexity index is 996. The number of nitrogens with zero attached hydrogens (tertiary/aromatic N) is 1. The van der Waals surface area contributed by atoms with Crippen LogP contribution in [0.15, 0.2) is 42.5 Å². The van der Waals surface area contributed by atoms with E-state index in [1.807, 2.05) is 18.2 Å². The van der Waals surface area contributed by atoms with E-state index >= 15 is 0 Å². The number of methoxy groups -OCH3 is 2. The van der Waals surface area contributed by atoms with Crippen molar-refractivity contribution in [2.45, 2.75) is 25.1 Å². The predicted molar refractivity (Wildman–Crippen MR) is 123 cm³/mol. The van der Waals surface area contributed by atoms with Crippen LogP contribution in [0, 0.1) is 0 Å². The maximum atomic E-state index is 12.8. The van der Waals surface area contributed by atoms with E-state index in [1.165, 1.54) is 11.8 Å². The summed E-state index contributed by atoms with van der Waals surface area (Å²) in [6, 6.07) is 12.6. The number of hydrogen-bond acceptors (Lipinski definition) is 7. The zero-order chi connectivity index (χ0) is 23.1. The standard InChI is InChI=1S/C23H26N2O6S/c1-4-31-22(28)12-11-20(26)24-17-8-6-5-7-16(17)23-25(21(27)14-32-23)18-10-9-15(29-2)13-19(18)30-3/h5-10,13,23H,4,11-12,14H2,1-3H3,(H,24,26). The molecule has 1 atom stereocenters. The van der Waals surface area contributed by atoms with Gasteiger partial charge in [0, 0.05) is 23.7 Å². The van der Waals surface area contributed by atoms with Crippen LogP contribution in [0.4, 0.5) is 11.4 Å². The van der Waals surface area contributed by atoms with Gasteiger partial charge in [0.05, 0.1) is 38.7 Å². The fraction of sp³-hybridized carbons (Fsp3) is 0.348. The fourth-order valence-electron chi connectivity index (χ4n) is 3.39. The van der Waals surface area contributed by atoms with Crippen LogP contribution < -0.4 is 19.7 Å². The fourth-order valence-corrected chi connectivity index (χ4v) is 4.59. The summed E-state index contributed by atoms with van der Waals surface area (Å²) in [5.74, 6) is 0.660. The second kappa shape index (κ2) is 10.9. The zero-order valence-corrected chi connectivity index (χ0v) is 19.1. The summed E-state index contributed by atoms with van der Waals surface area (Å²) in [5, 5.41) is 2.51. The first-order valence-corrected chi connectivity index (χ1v) is 11.2. The molecule has 9 heteroatoms. The number of carbonyl (C=O) groups excluding carboxylic acids is 3. The molecular formula is C23H26N2O6S. The van der Waals surface area contributed by atoms with Crippen LogP contribution >= 0.6 is 11.8 Å². The molecule has 0 aliphatic carbocycles. The monoisotopic (exact) mass is 458 g/mol. The Morgan fingerprint density at radius 3 is 2.62 bits per heavy atom. The smallest absolute Gasteiger partial charge is 0.306 e. The number of benzene rings is 2. The van der Waals surface area contributed by atoms with Crippen molar-refractivity contribution >= 4 is 40.9 Å². The van der Waals surface area contributed by atoms with Gasteiger partial charge in [0.1, 0.15) is 16.9 Å². The van der Waals surface area contributed by atoms with Crippen molar-refractivity contribution < 1.29 is 28.6 Å². The molecule has 1 heterocycles. The summed E-state index contributed by atoms with van der Waals surface area (Å²) in [7, 11) is 3.10. The summed E-state index contributed by atoms with van der Waals surface area (Å²) in [6.07, 6.45) is 0.0214. The van der Waals surface area contributed by atoms with Crippen molar-refractivity contribution in [2.24, 2.45) is 0 Å². The number of ether oxygens (including phenoxy) is 3. The molecule has 1 saturated heterocycles. The van der Waals surface area contributed by atoms with Crippen LogP contribution in [0.1, 0.15) is 30.7 Å². The van der Waals surface area contributed by atoms with Crippen LogP contribution in [0.3, 0.4) is 0 Å². The summed E-state index contributed by atoms with van der Waals surface area (Å²) < 4.78 is 15.6. The normalized spacial score (nSPS) is 15.4. The highest BCUT2D eigenvalue weighted by Gasteiger charge is 2.37. The first-order valence-electron chi connectivity index (χ1n) is 10.2. The van der Waals surface area contributed by atoms with Crippen molar-refractivity contribution in [2.75, 3.05) is 36.8 Å². The van der Waals surface area contributed by atoms with Crippen LogP contribution in [-0.2, 0) is 19.1 Å². The third kappa shape index (κ3) is 5.34. The number of para-hydroxylation sites is 1. The molecule has 1 aliphatic heterocycles. The molecule has 0 saturated carbocycles. The Morgan fingerprint density at radius 1 is 1.12 bits per heavy atom. The number of hydrogen-bond donors (Lipinski definition) is 1. The van der Waals surface area contributed by atoms with Gasteiger partial charge in [-0.25, -0.2) is 0 Å². The minimum Gasteiger partial charge on any atom is -0.497 e. The number of nitrogens with one attached hydrogen (secondary N) is 1. The van der Waals surface area contributed by atoms with Crippen LogP contribution in [0.2, 0.25) is 0 Å². The third-order valence-electron chi connectivity index (χ3n) is 4.88. The average Bonchev–Trinajstić information content (AvgIpc) is 3.18. The number of anilines is 2. The van der Waals surface area contributed by atoms with E-state index in [-0.39, 0.29) is 36.6 Å². The van der Waals surface area contributed by atoms with Gasteiger partial charge in [0.2, 0.25) is 11.8 Å². The maximum Gasteiger partial charge on any atom is 0.306 e. The van der Waals surface area contributed by atoms with Gasteiger partial charge in [-0.05, 0) is 25.1 Å². The molecule has 1 N–H and O–H groups in total. The van der Waals surface area contributed by atoms with E-state index in [0.29, 0.717) is 28.6 Å². The minimum absolute atomic E-state index is 0.00762. The lowest BCUT2D eigenvalue weighted by Crippen LogP contribution is -2.29. The van der Waals surface area contributed by atoms with Crippen molar-refractivity contribution in [1.82, 2.24) is 0 Å². The lowest BCUT2D eigenvalue weighted by Gasteiger charge is -2.27. The van der Waals surface area contributed by atoms with Gasteiger partial charge >= 0.3 is 5.97 Å². The van der Waals surface area contributed by atoms with E-state index in [0.717, 1.165) is 5.56 Å². The molecule has 0 radical (unpaired) electrons. The Kier molecular flexibility index (Phi) is 7.99. The van der Waals surface area contributed by atoms with Crippen molar-refractivity contribution in [3.8, 4) is 11.5 Å². The van der Waals surface area contributed by atoms with E-state index in [1.54, 1.807) is 50.3 Å². The number of rotatable bonds is 9. The second-order valence-corrected chi connectivity index (χ2v) is 7.97. The Labute approximate surface area is 191 Å². The molecule has 2 aromatic carbocycles. The van der Waals surface area contributed by atoms with Crippen molar-refractivity contribution in [1.29, 1.82) is 0 Å². The first kappa shape index (κ1) is 23.5. The Balaban J connectivity index is 1.85. The Hall–Kier alpha value is -3.20. The molecule has 170 valence electrons. The molecule has 1 aliphatic rings. The molecule has 3 rings (SSSR count). The van der Waals surface area contributed by atoms with Gasteiger partial charge in [0.15, 0.2) is 0 Å². The highest BCUT2D eigenvalue weighted by atomic mass is 32.2. The molecule has 0 spiro atoms. The van der Waals surface area contributed by atoms with E-state index in [4.69, 9.17) is 14.2 Å². The molecule has 2 amide bonds. The van der Waals surface area contributed by atoms with Crippen LogP contribution in [0.25, 0.3) is 0 Å². The van der Waals surface area contributed by atoms with E-state index in [2.05, 4.69) is 5.32 Å². The molecular weight excluding hydrogens is 432 g/mol. The Morgan fingerprint density at radius 2 is 1.91 bits per heavy atom. The summed E-state index contributed by atoms with van der Waals surface area (Å²) in [4.78, 5) is 38.5. The topological polar surface area (TPSA) is 94.2 Å². The van der Waals surface area contributed by atoms with Gasteiger partial charge < -0.3 is 19.5 Å². The highest BCUT2D eigenvalue weighted by Crippen LogP contribution is 2.47. The van der Waals surface area contributed by atoms with Crippen LogP contribution in [-0.4, -0.2) is 44.4 Å². The van der Waals surface area contributed by atoms with Gasteiger partial charge in [-0.15, -0.1) is 11.8 Å². The molecule has 2 aromatic rings. The maximum absolute atomic E-state index is 12.8. The molecule has 0 bridgehead atoms. The largest absolute Gasteiger partial charge is 0.497 e. The van der Waals surface area contributed by atoms with Gasteiger partial charge in [-0.2, -0.15) is 0 Å². The molecule has 8 nitrogen and oxygen atoms in total. The highest BCUT2D eigenvalue weighted by molar-refractivity contribution is 8.00. The van der Waals surface area contributed by atoms with Crippen molar-refractivity contribution in [3.63, 3.8) is 0 Å². The third-order valence-corrected chi connectivity index (χ3v) is 6.07. The van der Waals surface area contributed by atoms with Gasteiger partial charge in [-0.3, -0.25) is 19.3 Å². The predicted octanol–water partition coefficient (Wildman–Crippen LogP) is 3.76. The molecule has 1 fully saturated rings. The summed E-state index contributed by atoms with van der Waals surface area (Å²) in [5.41, 5.74) is 1.99.